The van der Waals surface area contributed by atoms with Gasteiger partial charge in [0.05, 0.1) is 5.25 Å². The van der Waals surface area contributed by atoms with Crippen LogP contribution in [0.25, 0.3) is 0 Å². The zero-order valence-corrected chi connectivity index (χ0v) is 14.0. The van der Waals surface area contributed by atoms with Gasteiger partial charge in [0, 0.05) is 6.54 Å². The molecule has 0 aromatic carbocycles. The van der Waals surface area contributed by atoms with Crippen molar-refractivity contribution in [3.05, 3.63) is 0 Å². The van der Waals surface area contributed by atoms with Crippen LogP contribution in [0, 0.1) is 5.41 Å². The Balaban J connectivity index is 1.77. The van der Waals surface area contributed by atoms with Gasteiger partial charge in [0.2, 0.25) is 0 Å². The van der Waals surface area contributed by atoms with Crippen molar-refractivity contribution in [2.24, 2.45) is 5.41 Å². The highest BCUT2D eigenvalue weighted by molar-refractivity contribution is 7.92. The van der Waals surface area contributed by atoms with Crippen LogP contribution < -0.4 is 11.1 Å². The van der Waals surface area contributed by atoms with Gasteiger partial charge in [0.1, 0.15) is 9.90 Å². The molecule has 2 saturated carbocycles. The van der Waals surface area contributed by atoms with Crippen molar-refractivity contribution in [2.75, 3.05) is 17.6 Å². The quantitative estimate of drug-likeness (QED) is 0.867. The van der Waals surface area contributed by atoms with E-state index in [0.717, 1.165) is 19.4 Å². The van der Waals surface area contributed by atoms with Crippen LogP contribution >= 0.6 is 11.5 Å². The van der Waals surface area contributed by atoms with Gasteiger partial charge in [-0.25, -0.2) is 8.42 Å². The molecule has 1 heterocycles. The van der Waals surface area contributed by atoms with E-state index in [1.54, 1.807) is 0 Å². The minimum absolute atomic E-state index is 0.156. The smallest absolute Gasteiger partial charge is 0.187 e. The van der Waals surface area contributed by atoms with E-state index in [4.69, 9.17) is 5.73 Å². The van der Waals surface area contributed by atoms with E-state index in [9.17, 15) is 8.42 Å². The Kier molecular flexibility index (Phi) is 3.90. The first-order valence-electron chi connectivity index (χ1n) is 7.65. The molecule has 0 saturated heterocycles. The van der Waals surface area contributed by atoms with Crippen molar-refractivity contribution in [2.45, 2.75) is 62.0 Å². The van der Waals surface area contributed by atoms with Crippen LogP contribution in [-0.4, -0.2) is 24.6 Å². The van der Waals surface area contributed by atoms with E-state index in [1.165, 1.54) is 43.6 Å². The van der Waals surface area contributed by atoms with Gasteiger partial charge in [0.15, 0.2) is 15.7 Å². The first kappa shape index (κ1) is 15.1. The predicted octanol–water partition coefficient (Wildman–Crippen LogP) is 3.04. The standard InChI is InChI=1S/C14H23N3O2S2/c1-14(7-3-2-4-8-14)9-16-13-11(12(15)17-20-13)21(18,19)10-5-6-10/h10,16H,2-9H2,1H3,(H2,15,17). The first-order valence-corrected chi connectivity index (χ1v) is 9.97. The zero-order chi connectivity index (χ0) is 15.1. The van der Waals surface area contributed by atoms with Gasteiger partial charge in [-0.05, 0) is 42.6 Å². The lowest BCUT2D eigenvalue weighted by atomic mass is 9.76. The van der Waals surface area contributed by atoms with E-state index in [1.807, 2.05) is 0 Å². The number of hydrogen-bond donors (Lipinski definition) is 2. The van der Waals surface area contributed by atoms with E-state index in [0.29, 0.717) is 5.00 Å². The van der Waals surface area contributed by atoms with Gasteiger partial charge in [-0.1, -0.05) is 26.2 Å². The molecule has 118 valence electrons. The number of nitrogens with two attached hydrogens (primary N) is 1. The number of nitrogen functional groups attached to an aromatic ring is 1. The maximum absolute atomic E-state index is 12.5. The molecule has 2 aliphatic carbocycles. The second kappa shape index (κ2) is 5.43. The second-order valence-corrected chi connectivity index (χ2v) is 9.63. The Hall–Kier alpha value is -0.820. The van der Waals surface area contributed by atoms with Crippen molar-refractivity contribution >= 4 is 32.2 Å². The molecule has 0 spiro atoms. The zero-order valence-electron chi connectivity index (χ0n) is 12.4. The Bertz CT molecular complexity index is 614. The number of rotatable bonds is 5. The summed E-state index contributed by atoms with van der Waals surface area (Å²) >= 11 is 1.17. The van der Waals surface area contributed by atoms with E-state index in [-0.39, 0.29) is 21.4 Å². The molecule has 2 fully saturated rings. The fraction of sp³-hybridized carbons (Fsp3) is 0.786. The maximum Gasteiger partial charge on any atom is 0.187 e. The number of sulfone groups is 1. The Morgan fingerprint density at radius 3 is 2.62 bits per heavy atom. The van der Waals surface area contributed by atoms with Gasteiger partial charge >= 0.3 is 0 Å². The summed E-state index contributed by atoms with van der Waals surface area (Å²) in [6.07, 6.45) is 7.71. The van der Waals surface area contributed by atoms with Crippen LogP contribution in [0.4, 0.5) is 10.8 Å². The monoisotopic (exact) mass is 329 g/mol. The van der Waals surface area contributed by atoms with Crippen molar-refractivity contribution in [3.63, 3.8) is 0 Å². The fourth-order valence-electron chi connectivity index (χ4n) is 3.10. The van der Waals surface area contributed by atoms with E-state index >= 15 is 0 Å². The molecule has 2 aliphatic rings. The summed E-state index contributed by atoms with van der Waals surface area (Å²) in [5.74, 6) is 0.156. The molecule has 0 atom stereocenters. The van der Waals surface area contributed by atoms with Crippen molar-refractivity contribution in [3.8, 4) is 0 Å². The lowest BCUT2D eigenvalue weighted by Crippen LogP contribution is -2.29. The van der Waals surface area contributed by atoms with Crippen molar-refractivity contribution < 1.29 is 8.42 Å². The van der Waals surface area contributed by atoms with Crippen LogP contribution in [0.2, 0.25) is 0 Å². The van der Waals surface area contributed by atoms with Gasteiger partial charge in [0.25, 0.3) is 0 Å². The molecule has 0 amide bonds. The van der Waals surface area contributed by atoms with E-state index < -0.39 is 9.84 Å². The molecule has 7 heteroatoms. The summed E-state index contributed by atoms with van der Waals surface area (Å²) in [7, 11) is -3.30. The average Bonchev–Trinajstić information content (AvgIpc) is 3.22. The highest BCUT2D eigenvalue weighted by Crippen LogP contribution is 2.42. The van der Waals surface area contributed by atoms with Gasteiger partial charge < -0.3 is 11.1 Å². The molecule has 0 radical (unpaired) electrons. The Morgan fingerprint density at radius 2 is 2.00 bits per heavy atom. The fourth-order valence-corrected chi connectivity index (χ4v) is 5.98. The van der Waals surface area contributed by atoms with Gasteiger partial charge in [-0.15, -0.1) is 0 Å². The number of aromatic nitrogens is 1. The van der Waals surface area contributed by atoms with Gasteiger partial charge in [-0.3, -0.25) is 0 Å². The van der Waals surface area contributed by atoms with Crippen LogP contribution in [0.5, 0.6) is 0 Å². The van der Waals surface area contributed by atoms with Crippen LogP contribution in [-0.2, 0) is 9.84 Å². The number of hydrogen-bond acceptors (Lipinski definition) is 6. The second-order valence-electron chi connectivity index (χ2n) is 6.70. The average molecular weight is 329 g/mol. The summed E-state index contributed by atoms with van der Waals surface area (Å²) < 4.78 is 29.0. The molecular formula is C14H23N3O2S2. The molecule has 5 nitrogen and oxygen atoms in total. The third kappa shape index (κ3) is 3.04. The normalized spacial score (nSPS) is 22.1. The summed E-state index contributed by atoms with van der Waals surface area (Å²) in [6.45, 7) is 3.07. The molecular weight excluding hydrogens is 306 g/mol. The molecule has 3 N–H and O–H groups in total. The molecule has 0 bridgehead atoms. The summed E-state index contributed by atoms with van der Waals surface area (Å²) in [5, 5.41) is 3.71. The topological polar surface area (TPSA) is 85.1 Å². The third-order valence-corrected chi connectivity index (χ3v) is 7.94. The SMILES string of the molecule is CC1(CNc2snc(N)c2S(=O)(=O)C2CC2)CCCCC1. The molecule has 0 unspecified atom stereocenters. The summed E-state index contributed by atoms with van der Waals surface area (Å²) in [4.78, 5) is 0.245. The van der Waals surface area contributed by atoms with Gasteiger partial charge in [-0.2, -0.15) is 4.37 Å². The molecule has 1 aromatic rings. The number of nitrogens with zero attached hydrogens (tertiary/aromatic N) is 1. The summed E-state index contributed by atoms with van der Waals surface area (Å²) in [6, 6.07) is 0. The first-order chi connectivity index (χ1) is 9.92. The van der Waals surface area contributed by atoms with E-state index in [2.05, 4.69) is 16.6 Å². The Labute approximate surface area is 130 Å². The third-order valence-electron chi connectivity index (χ3n) is 4.66. The van der Waals surface area contributed by atoms with Crippen LogP contribution in [0.15, 0.2) is 4.90 Å². The molecule has 21 heavy (non-hydrogen) atoms. The largest absolute Gasteiger partial charge is 0.382 e. The minimum atomic E-state index is -3.30. The van der Waals surface area contributed by atoms with Crippen molar-refractivity contribution in [1.29, 1.82) is 0 Å². The highest BCUT2D eigenvalue weighted by atomic mass is 32.2. The lowest BCUT2D eigenvalue weighted by Gasteiger charge is -2.33. The predicted molar refractivity (Wildman–Crippen MR) is 86.4 cm³/mol. The molecule has 3 rings (SSSR count). The highest BCUT2D eigenvalue weighted by Gasteiger charge is 2.41. The maximum atomic E-state index is 12.5. The molecule has 1 aromatic heterocycles. The Morgan fingerprint density at radius 1 is 1.33 bits per heavy atom. The minimum Gasteiger partial charge on any atom is -0.382 e. The summed E-state index contributed by atoms with van der Waals surface area (Å²) in [5.41, 5.74) is 6.06. The van der Waals surface area contributed by atoms with Crippen molar-refractivity contribution in [1.82, 2.24) is 4.37 Å². The number of nitrogens with one attached hydrogen (secondary N) is 1. The lowest BCUT2D eigenvalue weighted by molar-refractivity contribution is 0.233. The van der Waals surface area contributed by atoms with Crippen LogP contribution in [0.1, 0.15) is 51.9 Å². The molecule has 0 aliphatic heterocycles. The number of anilines is 2. The van der Waals surface area contributed by atoms with Crippen LogP contribution in [0.3, 0.4) is 0 Å².